The van der Waals surface area contributed by atoms with Crippen LogP contribution in [0.1, 0.15) is 36.7 Å². The third kappa shape index (κ3) is 4.00. The van der Waals surface area contributed by atoms with Crippen LogP contribution in [0.3, 0.4) is 0 Å². The Morgan fingerprint density at radius 2 is 1.86 bits per heavy atom. The molecule has 3 N–H and O–H groups in total. The summed E-state index contributed by atoms with van der Waals surface area (Å²) in [5.41, 5.74) is 6.89. The van der Waals surface area contributed by atoms with Gasteiger partial charge >= 0.3 is 5.69 Å². The van der Waals surface area contributed by atoms with Crippen LogP contribution in [0.25, 0.3) is 5.69 Å². The summed E-state index contributed by atoms with van der Waals surface area (Å²) in [4.78, 5) is 13.1. The third-order valence-corrected chi connectivity index (χ3v) is 5.07. The van der Waals surface area contributed by atoms with Gasteiger partial charge in [0.1, 0.15) is 11.4 Å². The van der Waals surface area contributed by atoms with Crippen molar-refractivity contribution in [2.24, 2.45) is 0 Å². The van der Waals surface area contributed by atoms with Gasteiger partial charge in [0.2, 0.25) is 0 Å². The molecule has 29 heavy (non-hydrogen) atoms. The van der Waals surface area contributed by atoms with Crippen molar-refractivity contribution in [1.29, 1.82) is 0 Å². The Morgan fingerprint density at radius 1 is 1.17 bits per heavy atom. The van der Waals surface area contributed by atoms with Crippen LogP contribution < -0.4 is 16.5 Å². The van der Waals surface area contributed by atoms with Crippen molar-refractivity contribution in [3.63, 3.8) is 0 Å². The van der Waals surface area contributed by atoms with Gasteiger partial charge in [-0.1, -0.05) is 24.3 Å². The summed E-state index contributed by atoms with van der Waals surface area (Å²) in [5, 5.41) is 14.9. The highest BCUT2D eigenvalue weighted by atomic mass is 19.1. The molecule has 8 heteroatoms. The molecule has 1 aliphatic heterocycles. The van der Waals surface area contributed by atoms with E-state index >= 15 is 0 Å². The van der Waals surface area contributed by atoms with E-state index in [2.05, 4.69) is 16.0 Å². The van der Waals surface area contributed by atoms with Gasteiger partial charge in [-0.05, 0) is 49.2 Å². The largest absolute Gasteiger partial charge is 0.382 e. The fraction of sp³-hybridized carbons (Fsp3) is 0.333. The van der Waals surface area contributed by atoms with E-state index in [0.29, 0.717) is 17.2 Å². The summed E-state index contributed by atoms with van der Waals surface area (Å²) in [5.74, 6) is 0.220. The number of hydrogen-bond donors (Lipinski definition) is 3. The highest BCUT2D eigenvalue weighted by Gasteiger charge is 2.27. The Balaban J connectivity index is 1.72. The van der Waals surface area contributed by atoms with E-state index in [1.165, 1.54) is 26.9 Å². The van der Waals surface area contributed by atoms with Crippen molar-refractivity contribution in [3.05, 3.63) is 81.8 Å². The van der Waals surface area contributed by atoms with Crippen LogP contribution in [0.2, 0.25) is 0 Å². The Bertz CT molecular complexity index is 1060. The zero-order chi connectivity index (χ0) is 20.6. The highest BCUT2D eigenvalue weighted by Crippen LogP contribution is 2.21. The summed E-state index contributed by atoms with van der Waals surface area (Å²) in [6.07, 6.45) is 0. The lowest BCUT2D eigenvalue weighted by Crippen LogP contribution is -2.28. The minimum atomic E-state index is -1.33. The second-order valence-electron chi connectivity index (χ2n) is 7.84. The number of nitrogens with zero attached hydrogens (tertiary/aromatic N) is 3. The normalized spacial score (nSPS) is 15.2. The van der Waals surface area contributed by atoms with Crippen LogP contribution in [0, 0.1) is 5.82 Å². The number of halogens is 1. The van der Waals surface area contributed by atoms with Gasteiger partial charge in [-0.3, -0.25) is 15.4 Å². The van der Waals surface area contributed by atoms with E-state index in [4.69, 9.17) is 0 Å². The summed E-state index contributed by atoms with van der Waals surface area (Å²) < 4.78 is 16.2. The average Bonchev–Trinajstić information content (AvgIpc) is 3.31. The summed E-state index contributed by atoms with van der Waals surface area (Å²) in [6, 6.07) is 13.7. The van der Waals surface area contributed by atoms with E-state index in [-0.39, 0.29) is 23.9 Å². The molecule has 0 bridgehead atoms. The first-order valence-corrected chi connectivity index (χ1v) is 9.56. The second-order valence-corrected chi connectivity index (χ2v) is 7.84. The van der Waals surface area contributed by atoms with Gasteiger partial charge in [-0.2, -0.15) is 4.68 Å². The molecular formula is C21H24FN5O2. The molecule has 0 amide bonds. The fourth-order valence-corrected chi connectivity index (χ4v) is 3.56. The lowest BCUT2D eigenvalue weighted by Gasteiger charge is -2.17. The maximum Gasteiger partial charge on any atom is 0.351 e. The number of nitrogens with one attached hydrogen (secondary N) is 2. The second kappa shape index (κ2) is 7.55. The molecule has 2 heterocycles. The predicted molar refractivity (Wildman–Crippen MR) is 107 cm³/mol. The molecule has 0 saturated carbocycles. The number of aromatic nitrogens is 3. The molecular weight excluding hydrogens is 373 g/mol. The zero-order valence-corrected chi connectivity index (χ0v) is 16.4. The van der Waals surface area contributed by atoms with Gasteiger partial charge in [0.05, 0.1) is 12.2 Å². The molecule has 1 aromatic heterocycles. The SMILES string of the molecule is CC(C)(O)c1nn(-c2ccc(C3CNNC3)cc2)c(=O)n1Cc1cccc(F)c1. The molecule has 3 aromatic rings. The number of hydrogen-bond acceptors (Lipinski definition) is 5. The Hall–Kier alpha value is -2.81. The van der Waals surface area contributed by atoms with Crippen molar-refractivity contribution >= 4 is 0 Å². The van der Waals surface area contributed by atoms with Crippen LogP contribution in [-0.4, -0.2) is 32.5 Å². The summed E-state index contributed by atoms with van der Waals surface area (Å²) >= 11 is 0. The Morgan fingerprint density at radius 3 is 2.48 bits per heavy atom. The van der Waals surface area contributed by atoms with Crippen LogP contribution in [-0.2, 0) is 12.1 Å². The number of aliphatic hydroxyl groups is 1. The van der Waals surface area contributed by atoms with Crippen LogP contribution in [0.15, 0.2) is 53.3 Å². The van der Waals surface area contributed by atoms with Gasteiger partial charge in [-0.25, -0.2) is 9.18 Å². The van der Waals surface area contributed by atoms with Crippen molar-refractivity contribution < 1.29 is 9.50 Å². The van der Waals surface area contributed by atoms with Gasteiger partial charge in [-0.15, -0.1) is 5.10 Å². The molecule has 0 aliphatic carbocycles. The molecule has 0 atom stereocenters. The molecule has 0 unspecified atom stereocenters. The van der Waals surface area contributed by atoms with Crippen LogP contribution in [0.4, 0.5) is 4.39 Å². The smallest absolute Gasteiger partial charge is 0.351 e. The topological polar surface area (TPSA) is 84.1 Å². The first kappa shape index (κ1) is 19.5. The Kier molecular flexibility index (Phi) is 5.08. The lowest BCUT2D eigenvalue weighted by molar-refractivity contribution is 0.0643. The van der Waals surface area contributed by atoms with Gasteiger partial charge in [0.25, 0.3) is 0 Å². The van der Waals surface area contributed by atoms with Crippen molar-refractivity contribution in [2.75, 3.05) is 13.1 Å². The first-order chi connectivity index (χ1) is 13.8. The van der Waals surface area contributed by atoms with Gasteiger partial charge in [0, 0.05) is 19.0 Å². The predicted octanol–water partition coefficient (Wildman–Crippen LogP) is 1.64. The van der Waals surface area contributed by atoms with E-state index in [0.717, 1.165) is 13.1 Å². The first-order valence-electron chi connectivity index (χ1n) is 9.56. The van der Waals surface area contributed by atoms with Crippen molar-refractivity contribution in [3.8, 4) is 5.69 Å². The third-order valence-electron chi connectivity index (χ3n) is 5.07. The van der Waals surface area contributed by atoms with E-state index in [1.54, 1.807) is 26.0 Å². The molecule has 7 nitrogen and oxygen atoms in total. The van der Waals surface area contributed by atoms with E-state index in [9.17, 15) is 14.3 Å². The van der Waals surface area contributed by atoms with Gasteiger partial charge in [0.15, 0.2) is 5.82 Å². The minimum Gasteiger partial charge on any atom is -0.382 e. The van der Waals surface area contributed by atoms with E-state index in [1.807, 2.05) is 24.3 Å². The lowest BCUT2D eigenvalue weighted by atomic mass is 10.0. The fourth-order valence-electron chi connectivity index (χ4n) is 3.56. The maximum absolute atomic E-state index is 13.6. The molecule has 4 rings (SSSR count). The molecule has 1 aliphatic rings. The average molecular weight is 397 g/mol. The maximum atomic E-state index is 13.6. The molecule has 152 valence electrons. The van der Waals surface area contributed by atoms with E-state index < -0.39 is 5.60 Å². The Labute approximate surface area is 167 Å². The summed E-state index contributed by atoms with van der Waals surface area (Å²) in [6.45, 7) is 4.97. The van der Waals surface area contributed by atoms with Gasteiger partial charge < -0.3 is 5.11 Å². The summed E-state index contributed by atoms with van der Waals surface area (Å²) in [7, 11) is 0. The standard InChI is InChI=1S/C21H24FN5O2/c1-21(2,29)19-25-27(18-8-6-15(7-9-18)16-11-23-24-12-16)20(28)26(19)13-14-4-3-5-17(22)10-14/h3-10,16,23-24,29H,11-13H2,1-2H3. The minimum absolute atomic E-state index is 0.118. The van der Waals surface area contributed by atoms with Crippen molar-refractivity contribution in [1.82, 2.24) is 25.2 Å². The zero-order valence-electron chi connectivity index (χ0n) is 16.4. The van der Waals surface area contributed by atoms with Crippen LogP contribution >= 0.6 is 0 Å². The number of benzene rings is 2. The van der Waals surface area contributed by atoms with Crippen molar-refractivity contribution in [2.45, 2.75) is 31.9 Å². The molecule has 0 spiro atoms. The number of hydrazine groups is 1. The number of rotatable bonds is 5. The van der Waals surface area contributed by atoms with Crippen LogP contribution in [0.5, 0.6) is 0 Å². The molecule has 1 fully saturated rings. The molecule has 2 aromatic carbocycles. The monoisotopic (exact) mass is 397 g/mol. The molecule has 1 saturated heterocycles. The quantitative estimate of drug-likeness (QED) is 0.610. The molecule has 0 radical (unpaired) electrons. The highest BCUT2D eigenvalue weighted by molar-refractivity contribution is 5.36.